The van der Waals surface area contributed by atoms with Gasteiger partial charge in [0, 0.05) is 19.3 Å². The molecule has 0 bridgehead atoms. The zero-order valence-corrected chi connectivity index (χ0v) is 11.9. The van der Waals surface area contributed by atoms with Crippen LogP contribution in [-0.4, -0.2) is 25.2 Å². The van der Waals surface area contributed by atoms with Gasteiger partial charge < -0.3 is 14.0 Å². The summed E-state index contributed by atoms with van der Waals surface area (Å²) in [7, 11) is -2.46. The fourth-order valence-corrected chi connectivity index (χ4v) is 1.31. The van der Waals surface area contributed by atoms with Crippen molar-refractivity contribution in [3.63, 3.8) is 0 Å². The highest BCUT2D eigenvalue weighted by Gasteiger charge is 2.18. The van der Waals surface area contributed by atoms with Crippen LogP contribution in [-0.2, 0) is 28.3 Å². The summed E-state index contributed by atoms with van der Waals surface area (Å²) in [4.78, 5) is 34.0. The smallest absolute Gasteiger partial charge is 0.541 e. The molecule has 6 nitrogen and oxygen atoms in total. The van der Waals surface area contributed by atoms with Crippen LogP contribution in [0.3, 0.4) is 0 Å². The Hall–Kier alpha value is -1.53. The summed E-state index contributed by atoms with van der Waals surface area (Å²) in [5, 5.41) is 0. The monoisotopic (exact) mass is 273 g/mol. The van der Waals surface area contributed by atoms with Gasteiger partial charge in [-0.3, -0.25) is 14.4 Å². The van der Waals surface area contributed by atoms with Gasteiger partial charge in [0.1, 0.15) is 0 Å². The number of rotatable bonds is 9. The highest BCUT2D eigenvalue weighted by molar-refractivity contribution is 6.44. The van der Waals surface area contributed by atoms with Crippen LogP contribution in [0.2, 0.25) is 0 Å². The molecule has 0 aliphatic carbocycles. The quantitative estimate of drug-likeness (QED) is 0.595. The SMILES string of the molecule is CCCC(=O)O[BH-](OC(=O)CCC)OC(=O)CCC. The van der Waals surface area contributed by atoms with Crippen molar-refractivity contribution < 1.29 is 28.3 Å². The van der Waals surface area contributed by atoms with Crippen molar-refractivity contribution in [2.75, 3.05) is 0 Å². The van der Waals surface area contributed by atoms with E-state index in [1.807, 2.05) is 20.8 Å². The van der Waals surface area contributed by atoms with E-state index in [4.69, 9.17) is 14.0 Å². The summed E-state index contributed by atoms with van der Waals surface area (Å²) >= 11 is 0. The van der Waals surface area contributed by atoms with Crippen LogP contribution in [0, 0.1) is 0 Å². The lowest BCUT2D eigenvalue weighted by Crippen LogP contribution is -2.34. The average molecular weight is 273 g/mol. The third-order valence-corrected chi connectivity index (χ3v) is 2.20. The van der Waals surface area contributed by atoms with E-state index in [1.165, 1.54) is 0 Å². The lowest BCUT2D eigenvalue weighted by Gasteiger charge is -2.27. The van der Waals surface area contributed by atoms with Crippen LogP contribution in [0.4, 0.5) is 0 Å². The molecule has 0 spiro atoms. The van der Waals surface area contributed by atoms with E-state index < -0.39 is 25.2 Å². The van der Waals surface area contributed by atoms with Crippen LogP contribution in [0.25, 0.3) is 0 Å². The molecule has 0 aliphatic heterocycles. The topological polar surface area (TPSA) is 78.9 Å². The molecule has 110 valence electrons. The maximum absolute atomic E-state index is 11.3. The second-order valence-electron chi connectivity index (χ2n) is 4.15. The van der Waals surface area contributed by atoms with Gasteiger partial charge in [0.15, 0.2) is 0 Å². The number of hydrogen-bond acceptors (Lipinski definition) is 6. The minimum Gasteiger partial charge on any atom is -0.625 e. The van der Waals surface area contributed by atoms with Crippen LogP contribution in [0.5, 0.6) is 0 Å². The Kier molecular flexibility index (Phi) is 9.57. The standard InChI is InChI=1S/C12H22BO6/c1-4-7-10(14)17-13(18-11(15)8-5-2)19-12(16)9-6-3/h13H,4-9H2,1-3H3/q-1. The predicted molar refractivity (Wildman–Crippen MR) is 70.1 cm³/mol. The van der Waals surface area contributed by atoms with Gasteiger partial charge in [-0.2, -0.15) is 0 Å². The molecule has 0 aliphatic rings. The van der Waals surface area contributed by atoms with Gasteiger partial charge in [0.25, 0.3) is 17.9 Å². The highest BCUT2D eigenvalue weighted by atomic mass is 16.8. The number of carbonyl (C=O) groups is 3. The molecular weight excluding hydrogens is 251 g/mol. The molecule has 0 saturated heterocycles. The molecule has 19 heavy (non-hydrogen) atoms. The summed E-state index contributed by atoms with van der Waals surface area (Å²) in [6, 6.07) is 0. The maximum atomic E-state index is 11.3. The Morgan fingerprint density at radius 1 is 0.684 bits per heavy atom. The van der Waals surface area contributed by atoms with Gasteiger partial charge in [0.2, 0.25) is 0 Å². The predicted octanol–water partition coefficient (Wildman–Crippen LogP) is 1.73. The van der Waals surface area contributed by atoms with Crippen molar-refractivity contribution in [3.8, 4) is 0 Å². The normalized spacial score (nSPS) is 10.1. The molecule has 0 radical (unpaired) electrons. The van der Waals surface area contributed by atoms with Gasteiger partial charge in [-0.25, -0.2) is 0 Å². The Morgan fingerprint density at radius 2 is 0.947 bits per heavy atom. The van der Waals surface area contributed by atoms with Crippen LogP contribution in [0.15, 0.2) is 0 Å². The Morgan fingerprint density at radius 3 is 1.16 bits per heavy atom. The summed E-state index contributed by atoms with van der Waals surface area (Å²) in [5.41, 5.74) is 0. The van der Waals surface area contributed by atoms with Crippen LogP contribution < -0.4 is 0 Å². The molecule has 0 unspecified atom stereocenters. The first-order chi connectivity index (χ1) is 9.03. The van der Waals surface area contributed by atoms with Crippen LogP contribution >= 0.6 is 0 Å². The third kappa shape index (κ3) is 9.10. The molecular formula is C12H22BO6-. The molecule has 0 aromatic rings. The molecule has 0 rings (SSSR count). The molecule has 0 fully saturated rings. The molecule has 0 saturated carbocycles. The van der Waals surface area contributed by atoms with Crippen LogP contribution in [0.1, 0.15) is 59.3 Å². The van der Waals surface area contributed by atoms with Gasteiger partial charge in [-0.05, 0) is 19.3 Å². The first kappa shape index (κ1) is 17.5. The summed E-state index contributed by atoms with van der Waals surface area (Å²) in [5.74, 6) is -1.59. The largest absolute Gasteiger partial charge is 0.625 e. The second kappa shape index (κ2) is 10.4. The number of carbonyl (C=O) groups excluding carboxylic acids is 3. The Balaban J connectivity index is 4.40. The van der Waals surface area contributed by atoms with E-state index in [0.717, 1.165) is 0 Å². The fraction of sp³-hybridized carbons (Fsp3) is 0.750. The van der Waals surface area contributed by atoms with E-state index in [0.29, 0.717) is 19.3 Å². The zero-order valence-electron chi connectivity index (χ0n) is 11.9. The van der Waals surface area contributed by atoms with Gasteiger partial charge in [-0.1, -0.05) is 20.8 Å². The molecule has 0 aromatic heterocycles. The van der Waals surface area contributed by atoms with Crippen molar-refractivity contribution >= 4 is 25.2 Å². The van der Waals surface area contributed by atoms with Crippen molar-refractivity contribution in [1.82, 2.24) is 0 Å². The molecule has 0 atom stereocenters. The summed E-state index contributed by atoms with van der Waals surface area (Å²) in [6.07, 6.45) is 2.41. The van der Waals surface area contributed by atoms with E-state index >= 15 is 0 Å². The van der Waals surface area contributed by atoms with Crippen molar-refractivity contribution in [3.05, 3.63) is 0 Å². The lowest BCUT2D eigenvalue weighted by molar-refractivity contribution is -0.147. The molecule has 0 amide bonds. The van der Waals surface area contributed by atoms with E-state index in [-0.39, 0.29) is 19.3 Å². The summed E-state index contributed by atoms with van der Waals surface area (Å²) in [6.45, 7) is 5.45. The second-order valence-corrected chi connectivity index (χ2v) is 4.15. The first-order valence-corrected chi connectivity index (χ1v) is 6.77. The summed E-state index contributed by atoms with van der Waals surface area (Å²) < 4.78 is 14.6. The first-order valence-electron chi connectivity index (χ1n) is 6.77. The van der Waals surface area contributed by atoms with Gasteiger partial charge in [-0.15, -0.1) is 0 Å². The third-order valence-electron chi connectivity index (χ3n) is 2.20. The Labute approximate surface area is 114 Å². The number of hydrogen-bond donors (Lipinski definition) is 0. The molecule has 0 heterocycles. The molecule has 0 aromatic carbocycles. The van der Waals surface area contributed by atoms with Crippen molar-refractivity contribution in [2.45, 2.75) is 59.3 Å². The van der Waals surface area contributed by atoms with Gasteiger partial charge in [0.05, 0.1) is 0 Å². The van der Waals surface area contributed by atoms with Crippen molar-refractivity contribution in [1.29, 1.82) is 0 Å². The minimum absolute atomic E-state index is 0.195. The zero-order chi connectivity index (χ0) is 14.7. The average Bonchev–Trinajstić information content (AvgIpc) is 2.29. The van der Waals surface area contributed by atoms with E-state index in [9.17, 15) is 14.4 Å². The highest BCUT2D eigenvalue weighted by Crippen LogP contribution is 2.03. The molecule has 0 N–H and O–H groups in total. The van der Waals surface area contributed by atoms with Gasteiger partial charge >= 0.3 is 7.32 Å². The Bertz CT molecular complexity index is 257. The van der Waals surface area contributed by atoms with E-state index in [2.05, 4.69) is 0 Å². The lowest BCUT2D eigenvalue weighted by atomic mass is 10.2. The minimum atomic E-state index is -2.46. The maximum Gasteiger partial charge on any atom is 0.541 e. The van der Waals surface area contributed by atoms with E-state index in [1.54, 1.807) is 0 Å². The fourth-order valence-electron chi connectivity index (χ4n) is 1.31. The van der Waals surface area contributed by atoms with Crippen molar-refractivity contribution in [2.24, 2.45) is 0 Å². The molecule has 7 heteroatoms.